The van der Waals surface area contributed by atoms with Crippen LogP contribution in [0.3, 0.4) is 0 Å². The molecule has 0 aliphatic heterocycles. The largest absolute Gasteiger partial charge is 0.469 e. The van der Waals surface area contributed by atoms with Crippen molar-refractivity contribution in [1.29, 1.82) is 0 Å². The van der Waals surface area contributed by atoms with Crippen LogP contribution in [-0.4, -0.2) is 24.6 Å². The monoisotopic (exact) mass is 312 g/mol. The van der Waals surface area contributed by atoms with E-state index in [2.05, 4.69) is 34.0 Å². The fraction of sp³-hybridized carbons (Fsp3) is 0.368. The van der Waals surface area contributed by atoms with E-state index in [1.54, 1.807) is 0 Å². The van der Waals surface area contributed by atoms with Gasteiger partial charge in [-0.25, -0.2) is 0 Å². The average Bonchev–Trinajstić information content (AvgIpc) is 2.61. The number of nitrogens with zero attached hydrogens (tertiary/aromatic N) is 1. The molecule has 0 fully saturated rings. The maximum Gasteiger partial charge on any atom is 0.305 e. The molecule has 2 N–H and O–H groups in total. The highest BCUT2D eigenvalue weighted by Gasteiger charge is 2.04. The molecule has 0 spiro atoms. The summed E-state index contributed by atoms with van der Waals surface area (Å²) < 4.78 is 4.64. The highest BCUT2D eigenvalue weighted by molar-refractivity contribution is 5.69. The maximum absolute atomic E-state index is 11.1. The second-order valence-electron chi connectivity index (χ2n) is 5.56. The number of methoxy groups -OCH3 is 1. The van der Waals surface area contributed by atoms with Crippen LogP contribution in [-0.2, 0) is 22.4 Å². The zero-order chi connectivity index (χ0) is 16.5. The third-order valence-corrected chi connectivity index (χ3v) is 3.84. The molecule has 2 aromatic rings. The molecule has 0 unspecified atom stereocenters. The van der Waals surface area contributed by atoms with Crippen LogP contribution in [0.1, 0.15) is 30.5 Å². The molecule has 4 heteroatoms. The summed E-state index contributed by atoms with van der Waals surface area (Å²) in [4.78, 5) is 15.6. The van der Waals surface area contributed by atoms with E-state index in [9.17, 15) is 4.79 Å². The number of benzene rings is 1. The lowest BCUT2D eigenvalue weighted by Gasteiger charge is -2.06. The van der Waals surface area contributed by atoms with Crippen LogP contribution in [0.25, 0.3) is 11.1 Å². The summed E-state index contributed by atoms with van der Waals surface area (Å²) in [6.45, 7) is 0.756. The summed E-state index contributed by atoms with van der Waals surface area (Å²) >= 11 is 0. The molecule has 0 saturated carbocycles. The first-order valence-electron chi connectivity index (χ1n) is 8.04. The van der Waals surface area contributed by atoms with Crippen LogP contribution in [0.5, 0.6) is 0 Å². The molecule has 1 aromatic heterocycles. The molecule has 0 saturated heterocycles. The number of unbranched alkanes of at least 4 members (excludes halogenated alkanes) is 1. The first kappa shape index (κ1) is 17.2. The van der Waals surface area contributed by atoms with Crippen molar-refractivity contribution < 1.29 is 9.53 Å². The van der Waals surface area contributed by atoms with Gasteiger partial charge in [0.2, 0.25) is 0 Å². The molecule has 0 amide bonds. The Morgan fingerprint density at radius 2 is 1.78 bits per heavy atom. The molecular weight excluding hydrogens is 288 g/mol. The molecule has 0 atom stereocenters. The minimum absolute atomic E-state index is 0.207. The highest BCUT2D eigenvalue weighted by Crippen LogP contribution is 2.20. The number of carbonyl (C=O) groups excluding carboxylic acids is 1. The number of hydrogen-bond donors (Lipinski definition) is 1. The maximum atomic E-state index is 11.1. The van der Waals surface area contributed by atoms with E-state index in [0.29, 0.717) is 12.8 Å². The van der Waals surface area contributed by atoms with E-state index in [1.165, 1.54) is 12.7 Å². The molecule has 1 heterocycles. The Kier molecular flexibility index (Phi) is 6.76. The van der Waals surface area contributed by atoms with Crippen LogP contribution in [0, 0.1) is 0 Å². The second-order valence-corrected chi connectivity index (χ2v) is 5.56. The topological polar surface area (TPSA) is 65.2 Å². The van der Waals surface area contributed by atoms with Crippen molar-refractivity contribution >= 4 is 5.97 Å². The van der Waals surface area contributed by atoms with Crippen LogP contribution in [0.15, 0.2) is 42.6 Å². The standard InChI is InChI=1S/C19H24N2O2/c1-23-19(22)12-11-18-10-9-17(14-21-18)16-7-5-15(6-8-16)4-2-3-13-20/h5-10,14H,2-4,11-13,20H2,1H3. The molecule has 0 bridgehead atoms. The smallest absolute Gasteiger partial charge is 0.305 e. The summed E-state index contributed by atoms with van der Waals surface area (Å²) in [5.74, 6) is -0.207. The Morgan fingerprint density at radius 3 is 2.39 bits per heavy atom. The number of aromatic nitrogens is 1. The first-order valence-corrected chi connectivity index (χ1v) is 8.04. The van der Waals surface area contributed by atoms with Gasteiger partial charge in [0.15, 0.2) is 0 Å². The zero-order valence-electron chi connectivity index (χ0n) is 13.6. The Balaban J connectivity index is 1.94. The van der Waals surface area contributed by atoms with E-state index in [-0.39, 0.29) is 5.97 Å². The van der Waals surface area contributed by atoms with Crippen molar-refractivity contribution in [3.05, 3.63) is 53.9 Å². The number of aryl methyl sites for hydroxylation is 2. The minimum atomic E-state index is -0.207. The van der Waals surface area contributed by atoms with Crippen molar-refractivity contribution in [2.75, 3.05) is 13.7 Å². The SMILES string of the molecule is COC(=O)CCc1ccc(-c2ccc(CCCCN)cc2)cn1. The van der Waals surface area contributed by atoms with Gasteiger partial charge in [-0.2, -0.15) is 0 Å². The highest BCUT2D eigenvalue weighted by atomic mass is 16.5. The lowest BCUT2D eigenvalue weighted by molar-refractivity contribution is -0.140. The van der Waals surface area contributed by atoms with Gasteiger partial charge in [-0.15, -0.1) is 0 Å². The summed E-state index contributed by atoms with van der Waals surface area (Å²) in [5, 5.41) is 0. The molecule has 0 aliphatic rings. The molecular formula is C19H24N2O2. The summed E-state index contributed by atoms with van der Waals surface area (Å²) in [5.41, 5.74) is 9.99. The number of carbonyl (C=O) groups is 1. The third kappa shape index (κ3) is 5.49. The number of pyridine rings is 1. The van der Waals surface area contributed by atoms with Crippen molar-refractivity contribution in [3.63, 3.8) is 0 Å². The van der Waals surface area contributed by atoms with Crippen LogP contribution in [0.2, 0.25) is 0 Å². The van der Waals surface area contributed by atoms with Gasteiger partial charge in [-0.3, -0.25) is 9.78 Å². The number of ether oxygens (including phenoxy) is 1. The Bertz CT molecular complexity index is 606. The van der Waals surface area contributed by atoms with Crippen molar-refractivity contribution in [2.45, 2.75) is 32.1 Å². The van der Waals surface area contributed by atoms with Crippen molar-refractivity contribution in [1.82, 2.24) is 4.98 Å². The van der Waals surface area contributed by atoms with Gasteiger partial charge in [-0.1, -0.05) is 30.3 Å². The van der Waals surface area contributed by atoms with E-state index < -0.39 is 0 Å². The van der Waals surface area contributed by atoms with Crippen molar-refractivity contribution in [3.8, 4) is 11.1 Å². The van der Waals surface area contributed by atoms with Crippen LogP contribution >= 0.6 is 0 Å². The number of hydrogen-bond acceptors (Lipinski definition) is 4. The normalized spacial score (nSPS) is 10.5. The van der Waals surface area contributed by atoms with E-state index >= 15 is 0 Å². The molecule has 0 aliphatic carbocycles. The van der Waals surface area contributed by atoms with Gasteiger partial charge in [0, 0.05) is 23.9 Å². The molecule has 23 heavy (non-hydrogen) atoms. The number of esters is 1. The van der Waals surface area contributed by atoms with E-state index in [1.807, 2.05) is 18.3 Å². The summed E-state index contributed by atoms with van der Waals surface area (Å²) in [6.07, 6.45) is 6.09. The van der Waals surface area contributed by atoms with Gasteiger partial charge in [-0.05, 0) is 43.0 Å². The fourth-order valence-corrected chi connectivity index (χ4v) is 2.41. The zero-order valence-corrected chi connectivity index (χ0v) is 13.6. The van der Waals surface area contributed by atoms with Crippen LogP contribution < -0.4 is 5.73 Å². The average molecular weight is 312 g/mol. The summed E-state index contributed by atoms with van der Waals surface area (Å²) in [7, 11) is 1.40. The number of rotatable bonds is 8. The Hall–Kier alpha value is -2.20. The van der Waals surface area contributed by atoms with Gasteiger partial charge in [0.1, 0.15) is 0 Å². The molecule has 2 rings (SSSR count). The van der Waals surface area contributed by atoms with Gasteiger partial charge in [0.05, 0.1) is 13.5 Å². The predicted molar refractivity (Wildman–Crippen MR) is 92.0 cm³/mol. The Labute approximate surface area is 137 Å². The summed E-state index contributed by atoms with van der Waals surface area (Å²) in [6, 6.07) is 12.6. The lowest BCUT2D eigenvalue weighted by atomic mass is 10.0. The van der Waals surface area contributed by atoms with E-state index in [4.69, 9.17) is 5.73 Å². The lowest BCUT2D eigenvalue weighted by Crippen LogP contribution is -2.02. The molecule has 4 nitrogen and oxygen atoms in total. The molecule has 122 valence electrons. The second kappa shape index (κ2) is 9.06. The van der Waals surface area contributed by atoms with Crippen molar-refractivity contribution in [2.24, 2.45) is 5.73 Å². The van der Waals surface area contributed by atoms with Gasteiger partial charge < -0.3 is 10.5 Å². The number of nitrogens with two attached hydrogens (primary N) is 1. The van der Waals surface area contributed by atoms with E-state index in [0.717, 1.165) is 42.6 Å². The van der Waals surface area contributed by atoms with Gasteiger partial charge >= 0.3 is 5.97 Å². The first-order chi connectivity index (χ1) is 11.2. The minimum Gasteiger partial charge on any atom is -0.469 e. The Morgan fingerprint density at radius 1 is 1.04 bits per heavy atom. The molecule has 0 radical (unpaired) electrons. The fourth-order valence-electron chi connectivity index (χ4n) is 2.41. The third-order valence-electron chi connectivity index (χ3n) is 3.84. The van der Waals surface area contributed by atoms with Gasteiger partial charge in [0.25, 0.3) is 0 Å². The van der Waals surface area contributed by atoms with Crippen LogP contribution in [0.4, 0.5) is 0 Å². The molecule has 1 aromatic carbocycles. The quantitative estimate of drug-likeness (QED) is 0.601. The predicted octanol–water partition coefficient (Wildman–Crippen LogP) is 3.14.